The smallest absolute Gasteiger partial charge is 0.419 e. The standard InChI is InChI=1S/C20H18F4N2O3/c21-16-8-6-13(10-15(16)20(22,23)24)25-18(27)14-7-9-17(14)26-19(28)29-11-12-4-2-1-3-5-12/h1-6,8,10,14,17H,7,9,11H2,(H,25,27)(H,26,28). The molecule has 29 heavy (non-hydrogen) atoms. The number of amides is 2. The van der Waals surface area contributed by atoms with Crippen molar-refractivity contribution in [1.29, 1.82) is 0 Å². The number of alkyl halides is 3. The number of anilines is 1. The second kappa shape index (κ2) is 8.50. The molecule has 2 N–H and O–H groups in total. The molecule has 154 valence electrons. The molecule has 1 aliphatic carbocycles. The average Bonchev–Trinajstić information content (AvgIpc) is 2.65. The van der Waals surface area contributed by atoms with Gasteiger partial charge in [0.25, 0.3) is 0 Å². The molecule has 2 amide bonds. The van der Waals surface area contributed by atoms with E-state index in [1.54, 1.807) is 12.1 Å². The van der Waals surface area contributed by atoms with Gasteiger partial charge in [-0.3, -0.25) is 4.79 Å². The van der Waals surface area contributed by atoms with Crippen molar-refractivity contribution in [2.75, 3.05) is 5.32 Å². The number of alkyl carbamates (subject to hydrolysis) is 1. The molecule has 0 heterocycles. The maximum atomic E-state index is 13.3. The summed E-state index contributed by atoms with van der Waals surface area (Å²) in [5.74, 6) is -2.58. The van der Waals surface area contributed by atoms with Gasteiger partial charge in [0.1, 0.15) is 12.4 Å². The molecule has 2 atom stereocenters. The zero-order valence-corrected chi connectivity index (χ0v) is 15.1. The number of carbonyl (C=O) groups is 2. The van der Waals surface area contributed by atoms with Gasteiger partial charge in [-0.05, 0) is 36.6 Å². The van der Waals surface area contributed by atoms with Crippen molar-refractivity contribution >= 4 is 17.7 Å². The van der Waals surface area contributed by atoms with Crippen LogP contribution in [0.3, 0.4) is 0 Å². The Labute approximate surface area is 164 Å². The van der Waals surface area contributed by atoms with Crippen molar-refractivity contribution in [3.63, 3.8) is 0 Å². The fraction of sp³-hybridized carbons (Fsp3) is 0.300. The van der Waals surface area contributed by atoms with Crippen molar-refractivity contribution in [3.8, 4) is 0 Å². The summed E-state index contributed by atoms with van der Waals surface area (Å²) in [7, 11) is 0. The van der Waals surface area contributed by atoms with Gasteiger partial charge in [0.05, 0.1) is 11.5 Å². The third-order valence-electron chi connectivity index (χ3n) is 4.67. The van der Waals surface area contributed by atoms with Crippen LogP contribution >= 0.6 is 0 Å². The van der Waals surface area contributed by atoms with Crippen molar-refractivity contribution in [2.24, 2.45) is 5.92 Å². The maximum absolute atomic E-state index is 13.3. The normalized spacial score (nSPS) is 18.5. The van der Waals surface area contributed by atoms with E-state index in [-0.39, 0.29) is 12.3 Å². The lowest BCUT2D eigenvalue weighted by Gasteiger charge is -2.35. The summed E-state index contributed by atoms with van der Waals surface area (Å²) in [5.41, 5.74) is -0.813. The van der Waals surface area contributed by atoms with Gasteiger partial charge in [-0.1, -0.05) is 30.3 Å². The van der Waals surface area contributed by atoms with Crippen molar-refractivity contribution in [1.82, 2.24) is 5.32 Å². The van der Waals surface area contributed by atoms with E-state index in [9.17, 15) is 27.2 Å². The molecule has 9 heteroatoms. The number of halogens is 4. The van der Waals surface area contributed by atoms with Gasteiger partial charge >= 0.3 is 12.3 Å². The van der Waals surface area contributed by atoms with Crippen molar-refractivity contribution in [2.45, 2.75) is 31.7 Å². The molecule has 0 saturated heterocycles. The summed E-state index contributed by atoms with van der Waals surface area (Å²) < 4.78 is 56.8. The Balaban J connectivity index is 1.53. The highest BCUT2D eigenvalue weighted by Crippen LogP contribution is 2.34. The largest absolute Gasteiger partial charge is 0.445 e. The zero-order valence-electron chi connectivity index (χ0n) is 15.1. The number of hydrogen-bond acceptors (Lipinski definition) is 3. The summed E-state index contributed by atoms with van der Waals surface area (Å²) in [6, 6.07) is 10.8. The van der Waals surface area contributed by atoms with E-state index in [0.717, 1.165) is 11.6 Å². The quantitative estimate of drug-likeness (QED) is 0.714. The Hall–Kier alpha value is -3.10. The SMILES string of the molecule is O=C(NC1CCC1C(=O)Nc1ccc(F)c(C(F)(F)F)c1)OCc1ccccc1. The fourth-order valence-corrected chi connectivity index (χ4v) is 2.96. The molecule has 0 aromatic heterocycles. The molecule has 2 unspecified atom stereocenters. The second-order valence-corrected chi connectivity index (χ2v) is 6.68. The molecule has 0 spiro atoms. The molecule has 0 radical (unpaired) electrons. The lowest BCUT2D eigenvalue weighted by molar-refractivity contribution is -0.140. The zero-order chi connectivity index (χ0) is 21.0. The predicted octanol–water partition coefficient (Wildman–Crippen LogP) is 4.49. The first kappa shape index (κ1) is 20.6. The lowest BCUT2D eigenvalue weighted by atomic mass is 9.79. The molecule has 2 aromatic carbocycles. The van der Waals surface area contributed by atoms with E-state index in [4.69, 9.17) is 4.74 Å². The Morgan fingerprint density at radius 3 is 2.41 bits per heavy atom. The summed E-state index contributed by atoms with van der Waals surface area (Å²) in [6.45, 7) is 0.0755. The van der Waals surface area contributed by atoms with Crippen LogP contribution in [0.4, 0.5) is 28.0 Å². The molecule has 3 rings (SSSR count). The third-order valence-corrected chi connectivity index (χ3v) is 4.67. The molecule has 0 bridgehead atoms. The van der Waals surface area contributed by atoms with Gasteiger partial charge in [-0.25, -0.2) is 9.18 Å². The highest BCUT2D eigenvalue weighted by atomic mass is 19.4. The Morgan fingerprint density at radius 2 is 1.79 bits per heavy atom. The molecule has 0 aliphatic heterocycles. The minimum Gasteiger partial charge on any atom is -0.445 e. The topological polar surface area (TPSA) is 67.4 Å². The first-order chi connectivity index (χ1) is 13.7. The minimum atomic E-state index is -4.87. The number of rotatable bonds is 5. The van der Waals surface area contributed by atoms with E-state index in [2.05, 4.69) is 10.6 Å². The van der Waals surface area contributed by atoms with E-state index in [1.807, 2.05) is 18.2 Å². The molecule has 5 nitrogen and oxygen atoms in total. The first-order valence-electron chi connectivity index (χ1n) is 8.89. The van der Waals surface area contributed by atoms with Crippen LogP contribution in [-0.2, 0) is 22.3 Å². The highest BCUT2D eigenvalue weighted by molar-refractivity contribution is 5.94. The monoisotopic (exact) mass is 410 g/mol. The van der Waals surface area contributed by atoms with E-state index in [1.165, 1.54) is 0 Å². The second-order valence-electron chi connectivity index (χ2n) is 6.68. The first-order valence-corrected chi connectivity index (χ1v) is 8.89. The van der Waals surface area contributed by atoms with Gasteiger partial charge in [0.2, 0.25) is 5.91 Å². The van der Waals surface area contributed by atoms with Crippen LogP contribution in [-0.4, -0.2) is 18.0 Å². The Bertz CT molecular complexity index is 887. The number of benzene rings is 2. The summed E-state index contributed by atoms with van der Waals surface area (Å²) >= 11 is 0. The van der Waals surface area contributed by atoms with Gasteiger partial charge < -0.3 is 15.4 Å². The van der Waals surface area contributed by atoms with E-state index < -0.39 is 41.5 Å². The summed E-state index contributed by atoms with van der Waals surface area (Å²) in [4.78, 5) is 24.2. The molecular formula is C20H18F4N2O3. The summed E-state index contributed by atoms with van der Waals surface area (Å²) in [6.07, 6.45) is -4.55. The number of ether oxygens (including phenoxy) is 1. The van der Waals surface area contributed by atoms with Crippen LogP contribution in [0.15, 0.2) is 48.5 Å². The minimum absolute atomic E-state index is 0.0755. The van der Waals surface area contributed by atoms with Crippen molar-refractivity contribution in [3.05, 3.63) is 65.5 Å². The number of nitrogens with one attached hydrogen (secondary N) is 2. The lowest BCUT2D eigenvalue weighted by Crippen LogP contribution is -2.51. The molecule has 1 saturated carbocycles. The van der Waals surface area contributed by atoms with E-state index >= 15 is 0 Å². The predicted molar refractivity (Wildman–Crippen MR) is 96.3 cm³/mol. The Kier molecular flexibility index (Phi) is 6.05. The van der Waals surface area contributed by atoms with Gasteiger partial charge in [-0.2, -0.15) is 13.2 Å². The van der Waals surface area contributed by atoms with Gasteiger partial charge in [0.15, 0.2) is 0 Å². The molecule has 1 fully saturated rings. The Morgan fingerprint density at radius 1 is 1.07 bits per heavy atom. The fourth-order valence-electron chi connectivity index (χ4n) is 2.96. The number of hydrogen-bond donors (Lipinski definition) is 2. The van der Waals surface area contributed by atoms with Gasteiger partial charge in [0, 0.05) is 11.7 Å². The van der Waals surface area contributed by atoms with Crippen LogP contribution in [0.5, 0.6) is 0 Å². The van der Waals surface area contributed by atoms with Crippen molar-refractivity contribution < 1.29 is 31.9 Å². The maximum Gasteiger partial charge on any atom is 0.419 e. The highest BCUT2D eigenvalue weighted by Gasteiger charge is 2.38. The van der Waals surface area contributed by atoms with Gasteiger partial charge in [-0.15, -0.1) is 0 Å². The van der Waals surface area contributed by atoms with Crippen LogP contribution in [0.1, 0.15) is 24.0 Å². The van der Waals surface area contributed by atoms with Crippen LogP contribution in [0, 0.1) is 11.7 Å². The molecule has 1 aliphatic rings. The third kappa shape index (κ3) is 5.24. The molecular weight excluding hydrogens is 392 g/mol. The van der Waals surface area contributed by atoms with E-state index in [0.29, 0.717) is 25.0 Å². The average molecular weight is 410 g/mol. The van der Waals surface area contributed by atoms with Crippen LogP contribution in [0.25, 0.3) is 0 Å². The summed E-state index contributed by atoms with van der Waals surface area (Å²) in [5, 5.41) is 4.93. The van der Waals surface area contributed by atoms with Crippen LogP contribution < -0.4 is 10.6 Å². The number of carbonyl (C=O) groups excluding carboxylic acids is 2. The van der Waals surface area contributed by atoms with Crippen LogP contribution in [0.2, 0.25) is 0 Å². The molecule has 2 aromatic rings.